The second kappa shape index (κ2) is 8.19. The van der Waals surface area contributed by atoms with E-state index in [2.05, 4.69) is 32.6 Å². The zero-order valence-corrected chi connectivity index (χ0v) is 20.3. The van der Waals surface area contributed by atoms with Crippen LogP contribution in [0, 0.1) is 0 Å². The third-order valence-corrected chi connectivity index (χ3v) is 7.17. The average Bonchev–Trinajstić information content (AvgIpc) is 3.17. The maximum atomic E-state index is 14.1. The van der Waals surface area contributed by atoms with E-state index in [0.29, 0.717) is 5.56 Å². The number of nitrogens with zero attached hydrogens (tertiary/aromatic N) is 3. The molecule has 2 unspecified atom stereocenters. The molecule has 1 aliphatic heterocycles. The number of carbonyl (C=O) groups excluding carboxylic acids is 2. The summed E-state index contributed by atoms with van der Waals surface area (Å²) in [5, 5.41) is 1.05. The summed E-state index contributed by atoms with van der Waals surface area (Å²) in [6.45, 7) is 0. The average molecular weight is 502 g/mol. The monoisotopic (exact) mass is 501 g/mol. The zero-order chi connectivity index (χ0) is 23.3. The van der Waals surface area contributed by atoms with E-state index < -0.39 is 12.0 Å². The minimum absolute atomic E-state index is 0.0537. The summed E-state index contributed by atoms with van der Waals surface area (Å²) < 4.78 is 3.01. The van der Waals surface area contributed by atoms with Crippen LogP contribution >= 0.6 is 15.9 Å². The number of halogens is 1. The fourth-order valence-corrected chi connectivity index (χ4v) is 5.20. The molecule has 0 fully saturated rings. The fourth-order valence-electron chi connectivity index (χ4n) is 4.94. The van der Waals surface area contributed by atoms with Crippen molar-refractivity contribution in [3.63, 3.8) is 0 Å². The van der Waals surface area contributed by atoms with Crippen LogP contribution < -0.4 is 4.90 Å². The molecule has 6 heteroatoms. The predicted octanol–water partition coefficient (Wildman–Crippen LogP) is 5.51. The van der Waals surface area contributed by atoms with Crippen molar-refractivity contribution >= 4 is 44.3 Å². The summed E-state index contributed by atoms with van der Waals surface area (Å²) in [6, 6.07) is 22.8. The number of rotatable bonds is 3. The first kappa shape index (κ1) is 21.5. The molecule has 0 aliphatic carbocycles. The molecule has 2 amide bonds. The lowest BCUT2D eigenvalue weighted by atomic mass is 9.79. The lowest BCUT2D eigenvalue weighted by Gasteiger charge is -2.40. The quantitative estimate of drug-likeness (QED) is 0.371. The van der Waals surface area contributed by atoms with Gasteiger partial charge in [0.15, 0.2) is 0 Å². The smallest absolute Gasteiger partial charge is 0.254 e. The number of para-hydroxylation sites is 1. The number of benzene rings is 3. The third-order valence-electron chi connectivity index (χ3n) is 6.64. The topological polar surface area (TPSA) is 45.6 Å². The summed E-state index contributed by atoms with van der Waals surface area (Å²) in [4.78, 5) is 30.9. The molecule has 2 heterocycles. The van der Waals surface area contributed by atoms with Crippen LogP contribution in [0.25, 0.3) is 10.9 Å². The van der Waals surface area contributed by atoms with Gasteiger partial charge < -0.3 is 14.4 Å². The Morgan fingerprint density at radius 3 is 2.33 bits per heavy atom. The van der Waals surface area contributed by atoms with E-state index in [-0.39, 0.29) is 11.8 Å². The molecule has 0 saturated carbocycles. The number of amides is 2. The number of hydrogen-bond donors (Lipinski definition) is 0. The van der Waals surface area contributed by atoms with Crippen molar-refractivity contribution in [1.82, 2.24) is 9.47 Å². The maximum absolute atomic E-state index is 14.1. The van der Waals surface area contributed by atoms with Gasteiger partial charge in [0.1, 0.15) is 0 Å². The largest absolute Gasteiger partial charge is 0.350 e. The molecule has 3 aromatic carbocycles. The first-order chi connectivity index (χ1) is 15.9. The Hall–Kier alpha value is -3.38. The van der Waals surface area contributed by atoms with Gasteiger partial charge in [-0.3, -0.25) is 9.59 Å². The van der Waals surface area contributed by atoms with Gasteiger partial charge >= 0.3 is 0 Å². The predicted molar refractivity (Wildman–Crippen MR) is 134 cm³/mol. The minimum atomic E-state index is -0.539. The van der Waals surface area contributed by atoms with Crippen LogP contribution in [-0.4, -0.2) is 35.4 Å². The van der Waals surface area contributed by atoms with Crippen LogP contribution in [0.2, 0.25) is 0 Å². The van der Waals surface area contributed by atoms with E-state index in [1.165, 1.54) is 0 Å². The Kier molecular flexibility index (Phi) is 5.33. The van der Waals surface area contributed by atoms with E-state index in [0.717, 1.165) is 32.2 Å². The van der Waals surface area contributed by atoms with Crippen molar-refractivity contribution in [2.75, 3.05) is 19.0 Å². The van der Waals surface area contributed by atoms with E-state index >= 15 is 0 Å². The molecule has 1 aromatic heterocycles. The van der Waals surface area contributed by atoms with E-state index in [4.69, 9.17) is 0 Å². The number of fused-ring (bicyclic) bond motifs is 2. The lowest BCUT2D eigenvalue weighted by Crippen LogP contribution is -2.46. The van der Waals surface area contributed by atoms with Crippen molar-refractivity contribution in [2.45, 2.75) is 12.0 Å². The molecule has 5 rings (SSSR count). The van der Waals surface area contributed by atoms with E-state index in [1.807, 2.05) is 73.9 Å². The number of aromatic nitrogens is 1. The van der Waals surface area contributed by atoms with Crippen molar-refractivity contribution < 1.29 is 9.59 Å². The van der Waals surface area contributed by atoms with Crippen molar-refractivity contribution in [3.05, 3.63) is 100 Å². The highest BCUT2D eigenvalue weighted by atomic mass is 79.9. The Morgan fingerprint density at radius 2 is 1.58 bits per heavy atom. The molecule has 0 bridgehead atoms. The molecule has 0 radical (unpaired) electrons. The third kappa shape index (κ3) is 3.45. The van der Waals surface area contributed by atoms with Crippen LogP contribution in [0.5, 0.6) is 0 Å². The van der Waals surface area contributed by atoms with Crippen LogP contribution in [0.3, 0.4) is 0 Å². The summed E-state index contributed by atoms with van der Waals surface area (Å²) in [6.07, 6.45) is 2.05. The molecular weight excluding hydrogens is 478 g/mol. The highest BCUT2D eigenvalue weighted by Gasteiger charge is 2.44. The summed E-state index contributed by atoms with van der Waals surface area (Å²) in [7, 11) is 5.59. The zero-order valence-electron chi connectivity index (χ0n) is 18.7. The Morgan fingerprint density at radius 1 is 0.909 bits per heavy atom. The summed E-state index contributed by atoms with van der Waals surface area (Å²) >= 11 is 3.46. The SMILES string of the molecule is CN(C(=O)C1c2ccccc2C(=O)N(C)C1c1cn(C)c2ccccc12)c1ccc(Br)cc1. The number of carbonyl (C=O) groups is 2. The van der Waals surface area contributed by atoms with E-state index in [1.54, 1.807) is 23.9 Å². The van der Waals surface area contributed by atoms with Gasteiger partial charge in [-0.15, -0.1) is 0 Å². The molecule has 0 spiro atoms. The second-order valence-electron chi connectivity index (χ2n) is 8.51. The highest BCUT2D eigenvalue weighted by molar-refractivity contribution is 9.10. The van der Waals surface area contributed by atoms with E-state index in [9.17, 15) is 9.59 Å². The molecule has 166 valence electrons. The fraction of sp³-hybridized carbons (Fsp3) is 0.185. The molecule has 4 aromatic rings. The molecular formula is C27H24BrN3O2. The van der Waals surface area contributed by atoms with Gasteiger partial charge in [-0.1, -0.05) is 52.3 Å². The van der Waals surface area contributed by atoms with Crippen LogP contribution in [0.15, 0.2) is 83.5 Å². The lowest BCUT2D eigenvalue weighted by molar-refractivity contribution is -0.121. The number of aryl methyl sites for hydroxylation is 1. The molecule has 5 nitrogen and oxygen atoms in total. The van der Waals surface area contributed by atoms with Crippen molar-refractivity contribution in [1.29, 1.82) is 0 Å². The Bertz CT molecular complexity index is 1380. The van der Waals surface area contributed by atoms with Gasteiger partial charge in [-0.2, -0.15) is 0 Å². The molecule has 0 N–H and O–H groups in total. The number of likely N-dealkylation sites (N-methyl/N-ethyl adjacent to an activating group) is 2. The van der Waals surface area contributed by atoms with Crippen molar-refractivity contribution in [3.8, 4) is 0 Å². The summed E-state index contributed by atoms with van der Waals surface area (Å²) in [5.74, 6) is -0.663. The van der Waals surface area contributed by atoms with Crippen molar-refractivity contribution in [2.24, 2.45) is 7.05 Å². The normalized spacial score (nSPS) is 17.8. The van der Waals surface area contributed by atoms with Crippen LogP contribution in [-0.2, 0) is 11.8 Å². The Labute approximate surface area is 201 Å². The summed E-state index contributed by atoms with van der Waals surface area (Å²) in [5.41, 5.74) is 4.20. The maximum Gasteiger partial charge on any atom is 0.254 e. The Balaban J connectivity index is 1.70. The van der Waals surface area contributed by atoms with Gasteiger partial charge in [0.05, 0.1) is 12.0 Å². The minimum Gasteiger partial charge on any atom is -0.350 e. The molecule has 33 heavy (non-hydrogen) atoms. The highest BCUT2D eigenvalue weighted by Crippen LogP contribution is 2.45. The first-order valence-electron chi connectivity index (χ1n) is 10.8. The standard InChI is InChI=1S/C27H24BrN3O2/c1-29-16-22(19-8-6-7-11-23(19)29)25-24(20-9-4-5-10-21(20)26(32)31(25)3)27(33)30(2)18-14-12-17(28)13-15-18/h4-16,24-25H,1-3H3. The van der Waals surface area contributed by atoms with Gasteiger partial charge in [0.25, 0.3) is 5.91 Å². The molecule has 1 aliphatic rings. The van der Waals surface area contributed by atoms with Crippen LogP contribution in [0.4, 0.5) is 5.69 Å². The molecule has 0 saturated heterocycles. The second-order valence-corrected chi connectivity index (χ2v) is 9.43. The molecule has 2 atom stereocenters. The van der Waals surface area contributed by atoms with Crippen LogP contribution in [0.1, 0.15) is 33.4 Å². The number of hydrogen-bond acceptors (Lipinski definition) is 2. The van der Waals surface area contributed by atoms with Gasteiger partial charge in [-0.25, -0.2) is 0 Å². The van der Waals surface area contributed by atoms with Gasteiger partial charge in [0.2, 0.25) is 5.91 Å². The van der Waals surface area contributed by atoms with Gasteiger partial charge in [0, 0.05) is 59.5 Å². The first-order valence-corrected chi connectivity index (χ1v) is 11.6. The number of anilines is 1. The van der Waals surface area contributed by atoms with Gasteiger partial charge in [-0.05, 0) is 42.0 Å².